The van der Waals surface area contributed by atoms with Crippen molar-refractivity contribution in [3.8, 4) is 0 Å². The highest BCUT2D eigenvalue weighted by Gasteiger charge is 2.14. The van der Waals surface area contributed by atoms with Gasteiger partial charge in [-0.15, -0.1) is 10.2 Å². The molecule has 0 aliphatic rings. The van der Waals surface area contributed by atoms with Crippen molar-refractivity contribution >= 4 is 28.8 Å². The molecule has 29 heavy (non-hydrogen) atoms. The fourth-order valence-electron chi connectivity index (χ4n) is 2.87. The molecular formula is C22H24N4O2S. The smallest absolute Gasteiger partial charge is 0.286 e. The van der Waals surface area contributed by atoms with Gasteiger partial charge >= 0.3 is 0 Å². The first-order chi connectivity index (χ1) is 14.0. The molecule has 0 aliphatic carbocycles. The lowest BCUT2D eigenvalue weighted by atomic mass is 10.1. The van der Waals surface area contributed by atoms with Gasteiger partial charge < -0.3 is 10.6 Å². The predicted octanol–water partition coefficient (Wildman–Crippen LogP) is 4.30. The molecule has 0 spiro atoms. The van der Waals surface area contributed by atoms with E-state index in [-0.39, 0.29) is 17.9 Å². The van der Waals surface area contributed by atoms with Gasteiger partial charge in [-0.25, -0.2) is 0 Å². The van der Waals surface area contributed by atoms with E-state index >= 15 is 0 Å². The third kappa shape index (κ3) is 5.96. The summed E-state index contributed by atoms with van der Waals surface area (Å²) in [7, 11) is 0. The number of rotatable bonds is 8. The number of carbonyl (C=O) groups excluding carboxylic acids is 2. The summed E-state index contributed by atoms with van der Waals surface area (Å²) >= 11 is 1.26. The van der Waals surface area contributed by atoms with E-state index < -0.39 is 0 Å². The first-order valence-electron chi connectivity index (χ1n) is 9.56. The van der Waals surface area contributed by atoms with Gasteiger partial charge in [-0.1, -0.05) is 59.9 Å². The molecule has 1 aromatic heterocycles. The quantitative estimate of drug-likeness (QED) is 0.582. The Kier molecular flexibility index (Phi) is 7.08. The minimum Gasteiger partial charge on any atom is -0.350 e. The molecule has 2 N–H and O–H groups in total. The van der Waals surface area contributed by atoms with Crippen molar-refractivity contribution in [3.05, 3.63) is 75.7 Å². The van der Waals surface area contributed by atoms with Crippen molar-refractivity contribution in [3.63, 3.8) is 0 Å². The van der Waals surface area contributed by atoms with Crippen LogP contribution in [-0.2, 0) is 11.2 Å². The molecule has 0 radical (unpaired) electrons. The van der Waals surface area contributed by atoms with Crippen LogP contribution in [-0.4, -0.2) is 22.0 Å². The number of carbonyl (C=O) groups is 2. The number of aromatic nitrogens is 2. The zero-order valence-electron chi connectivity index (χ0n) is 16.5. The highest BCUT2D eigenvalue weighted by molar-refractivity contribution is 7.13. The summed E-state index contributed by atoms with van der Waals surface area (Å²) in [4.78, 5) is 24.5. The number of hydrogen-bond acceptors (Lipinski definition) is 5. The van der Waals surface area contributed by atoms with Gasteiger partial charge in [0.2, 0.25) is 10.9 Å². The molecule has 3 rings (SSSR count). The average Bonchev–Trinajstić information content (AvgIpc) is 3.19. The van der Waals surface area contributed by atoms with E-state index in [2.05, 4.69) is 20.8 Å². The standard InChI is InChI=1S/C22H24N4O2S/c1-15-9-6-7-12-18(15)24-21(28)22-26-25-20(29-22)14-8-13-19(27)23-16(2)17-10-4-3-5-11-17/h3-7,9-12,16H,8,13-14H2,1-2H3,(H,23,27)(H,24,28)/t16-/m1/s1. The Hall–Kier alpha value is -3.06. The van der Waals surface area contributed by atoms with E-state index in [0.717, 1.165) is 21.8 Å². The molecule has 0 saturated carbocycles. The number of nitrogens with one attached hydrogen (secondary N) is 2. The van der Waals surface area contributed by atoms with Gasteiger partial charge in [0.1, 0.15) is 5.01 Å². The molecule has 3 aromatic rings. The lowest BCUT2D eigenvalue weighted by molar-refractivity contribution is -0.121. The summed E-state index contributed by atoms with van der Waals surface area (Å²) in [5.74, 6) is -0.263. The zero-order valence-corrected chi connectivity index (χ0v) is 17.3. The molecule has 0 fully saturated rings. The molecule has 7 heteroatoms. The first-order valence-corrected chi connectivity index (χ1v) is 10.4. The molecule has 0 aliphatic heterocycles. The topological polar surface area (TPSA) is 84.0 Å². The number of benzene rings is 2. The Morgan fingerprint density at radius 3 is 2.52 bits per heavy atom. The highest BCUT2D eigenvalue weighted by atomic mass is 32.1. The van der Waals surface area contributed by atoms with Crippen LogP contribution in [0.3, 0.4) is 0 Å². The number of amides is 2. The Labute approximate surface area is 174 Å². The Morgan fingerprint density at radius 2 is 1.76 bits per heavy atom. The molecule has 0 unspecified atom stereocenters. The van der Waals surface area contributed by atoms with Gasteiger partial charge in [-0.3, -0.25) is 9.59 Å². The van der Waals surface area contributed by atoms with Crippen LogP contribution in [0, 0.1) is 6.92 Å². The molecule has 1 atom stereocenters. The molecule has 0 bridgehead atoms. The van der Waals surface area contributed by atoms with Crippen LogP contribution < -0.4 is 10.6 Å². The van der Waals surface area contributed by atoms with Crippen LogP contribution >= 0.6 is 11.3 Å². The maximum atomic E-state index is 12.4. The summed E-state index contributed by atoms with van der Waals surface area (Å²) < 4.78 is 0. The minimum atomic E-state index is -0.266. The second-order valence-corrected chi connectivity index (χ2v) is 7.89. The largest absolute Gasteiger partial charge is 0.350 e. The summed E-state index contributed by atoms with van der Waals surface area (Å²) in [6, 6.07) is 17.4. The molecule has 150 valence electrons. The molecular weight excluding hydrogens is 384 g/mol. The maximum Gasteiger partial charge on any atom is 0.286 e. The predicted molar refractivity (Wildman–Crippen MR) is 115 cm³/mol. The van der Waals surface area contributed by atoms with Crippen LogP contribution in [0.15, 0.2) is 54.6 Å². The van der Waals surface area contributed by atoms with Crippen molar-refractivity contribution in [2.24, 2.45) is 0 Å². The third-order valence-electron chi connectivity index (χ3n) is 4.53. The number of para-hydroxylation sites is 1. The summed E-state index contributed by atoms with van der Waals surface area (Å²) in [5.41, 5.74) is 2.83. The number of aryl methyl sites for hydroxylation is 2. The van der Waals surface area contributed by atoms with E-state index in [1.165, 1.54) is 11.3 Å². The third-order valence-corrected chi connectivity index (χ3v) is 5.51. The van der Waals surface area contributed by atoms with Gasteiger partial charge in [-0.2, -0.15) is 0 Å². The van der Waals surface area contributed by atoms with Gasteiger partial charge in [0.05, 0.1) is 6.04 Å². The highest BCUT2D eigenvalue weighted by Crippen LogP contribution is 2.18. The van der Waals surface area contributed by atoms with E-state index in [1.54, 1.807) is 0 Å². The molecule has 0 saturated heterocycles. The number of anilines is 1. The Bertz CT molecular complexity index is 972. The van der Waals surface area contributed by atoms with Crippen LogP contribution in [0.4, 0.5) is 5.69 Å². The van der Waals surface area contributed by atoms with Gasteiger partial charge in [0, 0.05) is 18.5 Å². The lowest BCUT2D eigenvalue weighted by Gasteiger charge is -2.14. The molecule has 6 nitrogen and oxygen atoms in total. The van der Waals surface area contributed by atoms with Crippen molar-refractivity contribution in [2.75, 3.05) is 5.32 Å². The van der Waals surface area contributed by atoms with E-state index in [4.69, 9.17) is 0 Å². The second-order valence-electron chi connectivity index (χ2n) is 6.82. The second kappa shape index (κ2) is 9.93. The maximum absolute atomic E-state index is 12.4. The first kappa shape index (κ1) is 20.7. The molecule has 2 amide bonds. The SMILES string of the molecule is Cc1ccccc1NC(=O)c1nnc(CCCC(=O)N[C@H](C)c2ccccc2)s1. The van der Waals surface area contributed by atoms with Crippen molar-refractivity contribution in [1.29, 1.82) is 0 Å². The summed E-state index contributed by atoms with van der Waals surface area (Å²) in [5, 5.41) is 15.0. The summed E-state index contributed by atoms with van der Waals surface area (Å²) in [6.45, 7) is 3.90. The lowest BCUT2D eigenvalue weighted by Crippen LogP contribution is -2.26. The Balaban J connectivity index is 1.45. The normalized spacial score (nSPS) is 11.7. The van der Waals surface area contributed by atoms with E-state index in [0.29, 0.717) is 24.3 Å². The van der Waals surface area contributed by atoms with Crippen LogP contribution in [0.2, 0.25) is 0 Å². The van der Waals surface area contributed by atoms with Gasteiger partial charge in [-0.05, 0) is 37.5 Å². The fraction of sp³-hybridized carbons (Fsp3) is 0.273. The molecule has 2 aromatic carbocycles. The van der Waals surface area contributed by atoms with Crippen molar-refractivity contribution in [1.82, 2.24) is 15.5 Å². The number of hydrogen-bond donors (Lipinski definition) is 2. The fourth-order valence-corrected chi connectivity index (χ4v) is 3.65. The minimum absolute atomic E-state index is 0.00314. The monoisotopic (exact) mass is 408 g/mol. The van der Waals surface area contributed by atoms with Crippen LogP contribution in [0.5, 0.6) is 0 Å². The molecule has 1 heterocycles. The van der Waals surface area contributed by atoms with Gasteiger partial charge in [0.15, 0.2) is 0 Å². The summed E-state index contributed by atoms with van der Waals surface area (Å²) in [6.07, 6.45) is 1.67. The Morgan fingerprint density at radius 1 is 1.03 bits per heavy atom. The zero-order chi connectivity index (χ0) is 20.6. The van der Waals surface area contributed by atoms with Crippen LogP contribution in [0.1, 0.15) is 51.7 Å². The van der Waals surface area contributed by atoms with Gasteiger partial charge in [0.25, 0.3) is 5.91 Å². The van der Waals surface area contributed by atoms with Crippen molar-refractivity contribution in [2.45, 2.75) is 39.2 Å². The van der Waals surface area contributed by atoms with E-state index in [9.17, 15) is 9.59 Å². The average molecular weight is 409 g/mol. The number of nitrogens with zero attached hydrogens (tertiary/aromatic N) is 2. The van der Waals surface area contributed by atoms with Crippen molar-refractivity contribution < 1.29 is 9.59 Å². The van der Waals surface area contributed by atoms with E-state index in [1.807, 2.05) is 68.4 Å². The van der Waals surface area contributed by atoms with Crippen LogP contribution in [0.25, 0.3) is 0 Å².